The van der Waals surface area contributed by atoms with Crippen LogP contribution in [0.4, 0.5) is 0 Å². The second kappa shape index (κ2) is 9.50. The monoisotopic (exact) mass is 390 g/mol. The van der Waals surface area contributed by atoms with E-state index in [2.05, 4.69) is 26.1 Å². The van der Waals surface area contributed by atoms with E-state index in [4.69, 9.17) is 4.74 Å². The maximum atomic E-state index is 12.2. The Balaban J connectivity index is 0.00000242. The predicted molar refractivity (Wildman–Crippen MR) is 94.4 cm³/mol. The van der Waals surface area contributed by atoms with Gasteiger partial charge in [-0.15, -0.1) is 12.4 Å². The molecule has 1 saturated heterocycles. The largest absolute Gasteiger partial charge is 0.468 e. The van der Waals surface area contributed by atoms with Crippen molar-refractivity contribution >= 4 is 34.3 Å². The molecule has 1 aliphatic rings. The molecule has 0 spiro atoms. The minimum atomic E-state index is -0.352. The second-order valence-corrected chi connectivity index (χ2v) is 6.55. The smallest absolute Gasteiger partial charge is 0.327 e. The minimum Gasteiger partial charge on any atom is -0.468 e. The van der Waals surface area contributed by atoms with Crippen molar-refractivity contribution in [2.24, 2.45) is 5.92 Å². The van der Waals surface area contributed by atoms with Crippen LogP contribution in [-0.2, 0) is 9.53 Å². The van der Waals surface area contributed by atoms with Crippen molar-refractivity contribution < 1.29 is 9.53 Å². The zero-order valence-corrected chi connectivity index (χ0v) is 15.5. The van der Waals surface area contributed by atoms with E-state index in [1.54, 1.807) is 0 Å². The van der Waals surface area contributed by atoms with Crippen molar-refractivity contribution in [3.05, 3.63) is 34.3 Å². The Morgan fingerprint density at radius 3 is 2.91 bits per heavy atom. The summed E-state index contributed by atoms with van der Waals surface area (Å²) in [5.74, 6) is 0.377. The maximum Gasteiger partial charge on any atom is 0.327 e. The summed E-state index contributed by atoms with van der Waals surface area (Å²) in [7, 11) is 3.44. The van der Waals surface area contributed by atoms with Gasteiger partial charge in [-0.05, 0) is 56.6 Å². The molecule has 6 heteroatoms. The molecule has 1 aromatic rings. The molecule has 2 atom stereocenters. The first-order valence-corrected chi connectivity index (χ1v) is 8.15. The van der Waals surface area contributed by atoms with Crippen LogP contribution in [0.5, 0.6) is 0 Å². The van der Waals surface area contributed by atoms with E-state index in [1.807, 2.05) is 31.3 Å². The Hall–Kier alpha value is -0.620. The summed E-state index contributed by atoms with van der Waals surface area (Å²) < 4.78 is 5.98. The van der Waals surface area contributed by atoms with Gasteiger partial charge < -0.3 is 10.1 Å². The van der Waals surface area contributed by atoms with Gasteiger partial charge in [0, 0.05) is 11.0 Å². The van der Waals surface area contributed by atoms with E-state index in [1.165, 1.54) is 20.0 Å². The molecule has 1 aliphatic heterocycles. The van der Waals surface area contributed by atoms with Gasteiger partial charge in [-0.25, -0.2) is 4.79 Å². The number of nitrogens with one attached hydrogen (secondary N) is 1. The van der Waals surface area contributed by atoms with Gasteiger partial charge in [-0.2, -0.15) is 0 Å². The zero-order valence-electron chi connectivity index (χ0n) is 13.0. The molecule has 2 unspecified atom stereocenters. The van der Waals surface area contributed by atoms with Gasteiger partial charge in [0.2, 0.25) is 0 Å². The van der Waals surface area contributed by atoms with Crippen LogP contribution in [0.2, 0.25) is 0 Å². The summed E-state index contributed by atoms with van der Waals surface area (Å²) in [5, 5.41) is 3.42. The van der Waals surface area contributed by atoms with Gasteiger partial charge in [-0.3, -0.25) is 4.90 Å². The van der Waals surface area contributed by atoms with Crippen LogP contribution in [-0.4, -0.2) is 44.7 Å². The van der Waals surface area contributed by atoms with Crippen molar-refractivity contribution in [2.75, 3.05) is 33.8 Å². The Kier molecular flexibility index (Phi) is 8.39. The summed E-state index contributed by atoms with van der Waals surface area (Å²) in [4.78, 5) is 14.3. The number of carbonyl (C=O) groups is 1. The number of carbonyl (C=O) groups excluding carboxylic acids is 1. The van der Waals surface area contributed by atoms with Gasteiger partial charge in [0.25, 0.3) is 0 Å². The van der Waals surface area contributed by atoms with Gasteiger partial charge in [0.05, 0.1) is 7.11 Å². The van der Waals surface area contributed by atoms with Gasteiger partial charge in [0.15, 0.2) is 0 Å². The lowest BCUT2D eigenvalue weighted by atomic mass is 9.97. The van der Waals surface area contributed by atoms with Crippen molar-refractivity contribution in [2.45, 2.75) is 18.9 Å². The average molecular weight is 392 g/mol. The highest BCUT2D eigenvalue weighted by Gasteiger charge is 2.28. The minimum absolute atomic E-state index is 0. The van der Waals surface area contributed by atoms with Crippen LogP contribution in [0.3, 0.4) is 0 Å². The number of ether oxygens (including phenoxy) is 1. The number of likely N-dealkylation sites (N-methyl/N-ethyl adjacent to an activating group) is 1. The van der Waals surface area contributed by atoms with E-state index in [0.29, 0.717) is 5.92 Å². The van der Waals surface area contributed by atoms with Gasteiger partial charge in [-0.1, -0.05) is 28.1 Å². The summed E-state index contributed by atoms with van der Waals surface area (Å²) in [5.41, 5.74) is 0.961. The number of esters is 1. The van der Waals surface area contributed by atoms with E-state index in [-0.39, 0.29) is 24.4 Å². The molecule has 124 valence electrons. The highest BCUT2D eigenvalue weighted by atomic mass is 79.9. The van der Waals surface area contributed by atoms with E-state index in [9.17, 15) is 4.79 Å². The van der Waals surface area contributed by atoms with E-state index >= 15 is 0 Å². The third-order valence-electron chi connectivity index (χ3n) is 3.97. The van der Waals surface area contributed by atoms with Crippen LogP contribution >= 0.6 is 28.3 Å². The Labute approximate surface area is 147 Å². The SMILES string of the molecule is COC(=O)C(c1cccc(Br)c1)N(C)CC1CCCNC1.Cl. The fourth-order valence-corrected chi connectivity index (χ4v) is 3.37. The summed E-state index contributed by atoms with van der Waals surface area (Å²) in [6.45, 7) is 3.02. The maximum absolute atomic E-state index is 12.2. The first kappa shape index (κ1) is 19.4. The number of hydrogen-bond donors (Lipinski definition) is 1. The third-order valence-corrected chi connectivity index (χ3v) is 4.47. The van der Waals surface area contributed by atoms with Crippen LogP contribution in [0.15, 0.2) is 28.7 Å². The number of nitrogens with zero attached hydrogens (tertiary/aromatic N) is 1. The molecule has 0 bridgehead atoms. The van der Waals surface area contributed by atoms with Crippen LogP contribution < -0.4 is 5.32 Å². The Bertz CT molecular complexity index is 481. The molecule has 0 amide bonds. The van der Waals surface area contributed by atoms with Crippen molar-refractivity contribution in [1.29, 1.82) is 0 Å². The first-order valence-electron chi connectivity index (χ1n) is 7.36. The fourth-order valence-electron chi connectivity index (χ4n) is 2.95. The molecular formula is C16H24BrClN2O2. The van der Waals surface area contributed by atoms with E-state index < -0.39 is 0 Å². The fraction of sp³-hybridized carbons (Fsp3) is 0.562. The normalized spacial score (nSPS) is 19.4. The third kappa shape index (κ3) is 5.23. The highest BCUT2D eigenvalue weighted by molar-refractivity contribution is 9.10. The lowest BCUT2D eigenvalue weighted by Crippen LogP contribution is -2.40. The molecule has 1 aromatic carbocycles. The molecule has 22 heavy (non-hydrogen) atoms. The topological polar surface area (TPSA) is 41.6 Å². The van der Waals surface area contributed by atoms with Crippen LogP contribution in [0, 0.1) is 5.92 Å². The average Bonchev–Trinajstić information content (AvgIpc) is 2.48. The van der Waals surface area contributed by atoms with Crippen molar-refractivity contribution in [1.82, 2.24) is 10.2 Å². The predicted octanol–water partition coefficient (Wildman–Crippen LogP) is 3.02. The first-order chi connectivity index (χ1) is 10.1. The number of halogens is 2. The summed E-state index contributed by atoms with van der Waals surface area (Å²) in [6, 6.07) is 7.52. The van der Waals surface area contributed by atoms with E-state index in [0.717, 1.165) is 29.7 Å². The number of piperidine rings is 1. The van der Waals surface area contributed by atoms with Crippen LogP contribution in [0.25, 0.3) is 0 Å². The quantitative estimate of drug-likeness (QED) is 0.784. The molecule has 0 aliphatic carbocycles. The molecule has 4 nitrogen and oxygen atoms in total. The number of methoxy groups -OCH3 is 1. The van der Waals surface area contributed by atoms with Gasteiger partial charge in [0.1, 0.15) is 6.04 Å². The molecule has 1 N–H and O–H groups in total. The summed E-state index contributed by atoms with van der Waals surface area (Å²) in [6.07, 6.45) is 2.42. The summed E-state index contributed by atoms with van der Waals surface area (Å²) >= 11 is 3.47. The standard InChI is InChI=1S/C16H23BrN2O2.ClH/c1-19(11-12-5-4-8-18-10-12)15(16(20)21-2)13-6-3-7-14(17)9-13;/h3,6-7,9,12,15,18H,4-5,8,10-11H2,1-2H3;1H. The van der Waals surface area contributed by atoms with Gasteiger partial charge >= 0.3 is 5.97 Å². The Morgan fingerprint density at radius 2 is 2.32 bits per heavy atom. The zero-order chi connectivity index (χ0) is 15.2. The number of benzene rings is 1. The molecule has 0 radical (unpaired) electrons. The number of hydrogen-bond acceptors (Lipinski definition) is 4. The lowest BCUT2D eigenvalue weighted by molar-refractivity contribution is -0.147. The molecule has 1 fully saturated rings. The second-order valence-electron chi connectivity index (χ2n) is 5.63. The molecule has 1 heterocycles. The van der Waals surface area contributed by atoms with Crippen molar-refractivity contribution in [3.63, 3.8) is 0 Å². The molecule has 0 saturated carbocycles. The lowest BCUT2D eigenvalue weighted by Gasteiger charge is -2.32. The highest BCUT2D eigenvalue weighted by Crippen LogP contribution is 2.25. The Morgan fingerprint density at radius 1 is 1.55 bits per heavy atom. The van der Waals surface area contributed by atoms with Crippen molar-refractivity contribution in [3.8, 4) is 0 Å². The van der Waals surface area contributed by atoms with Crippen LogP contribution in [0.1, 0.15) is 24.4 Å². The molecule has 2 rings (SSSR count). The number of rotatable bonds is 5. The molecule has 0 aromatic heterocycles. The molecular weight excluding hydrogens is 368 g/mol.